The van der Waals surface area contributed by atoms with Gasteiger partial charge in [-0.25, -0.2) is 5.43 Å². The maximum atomic E-state index is 12.1. The lowest BCUT2D eigenvalue weighted by molar-refractivity contribution is -0.118. The molecule has 2 aliphatic carbocycles. The lowest BCUT2D eigenvalue weighted by Gasteiger charge is -2.18. The standard InChI is InChI=1S/C13H19N3O/c1-6(2)7(3)14-13(17)12-10-5-8-4-9(8)11(10)15-16-12/h5-7,9,11,15-16H,4H2,1-3H3,(H,14,17)/t7-,9?,11?/m1/s1. The predicted molar refractivity (Wildman–Crippen MR) is 65.7 cm³/mol. The van der Waals surface area contributed by atoms with Gasteiger partial charge in [-0.05, 0) is 19.3 Å². The Bertz CT molecular complexity index is 436. The van der Waals surface area contributed by atoms with Crippen LogP contribution in [0.1, 0.15) is 27.2 Å². The van der Waals surface area contributed by atoms with E-state index < -0.39 is 0 Å². The summed E-state index contributed by atoms with van der Waals surface area (Å²) in [4.78, 5) is 12.1. The number of hydrogen-bond acceptors (Lipinski definition) is 3. The minimum atomic E-state index is 0.00866. The molecule has 17 heavy (non-hydrogen) atoms. The molecule has 4 nitrogen and oxygen atoms in total. The zero-order valence-electron chi connectivity index (χ0n) is 10.5. The first-order valence-electron chi connectivity index (χ1n) is 6.35. The molecule has 1 heterocycles. The summed E-state index contributed by atoms with van der Waals surface area (Å²) in [6.07, 6.45) is 3.37. The van der Waals surface area contributed by atoms with Crippen LogP contribution in [-0.4, -0.2) is 18.0 Å². The fourth-order valence-corrected chi connectivity index (χ4v) is 2.46. The minimum absolute atomic E-state index is 0.00866. The topological polar surface area (TPSA) is 53.2 Å². The Morgan fingerprint density at radius 1 is 1.47 bits per heavy atom. The third kappa shape index (κ3) is 1.67. The Morgan fingerprint density at radius 3 is 2.94 bits per heavy atom. The first-order valence-corrected chi connectivity index (χ1v) is 6.35. The predicted octanol–water partition coefficient (Wildman–Crippen LogP) is 0.838. The van der Waals surface area contributed by atoms with Crippen LogP contribution in [-0.2, 0) is 4.79 Å². The van der Waals surface area contributed by atoms with Crippen LogP contribution in [0.5, 0.6) is 0 Å². The fourth-order valence-electron chi connectivity index (χ4n) is 2.46. The number of hydrogen-bond donors (Lipinski definition) is 3. The lowest BCUT2D eigenvalue weighted by Crippen LogP contribution is -2.41. The van der Waals surface area contributed by atoms with E-state index in [0.717, 1.165) is 5.57 Å². The molecule has 0 aromatic carbocycles. The summed E-state index contributed by atoms with van der Waals surface area (Å²) < 4.78 is 0. The molecule has 0 spiro atoms. The molecule has 0 bridgehead atoms. The molecule has 1 aliphatic heterocycles. The Morgan fingerprint density at radius 2 is 2.24 bits per heavy atom. The first kappa shape index (κ1) is 10.8. The summed E-state index contributed by atoms with van der Waals surface area (Å²) in [6.45, 7) is 6.26. The van der Waals surface area contributed by atoms with Gasteiger partial charge in [0.2, 0.25) is 0 Å². The van der Waals surface area contributed by atoms with Crippen molar-refractivity contribution in [3.05, 3.63) is 22.9 Å². The molecule has 92 valence electrons. The molecule has 3 N–H and O–H groups in total. The van der Waals surface area contributed by atoms with Crippen LogP contribution in [0.15, 0.2) is 22.9 Å². The van der Waals surface area contributed by atoms with Crippen LogP contribution in [0.3, 0.4) is 0 Å². The summed E-state index contributed by atoms with van der Waals surface area (Å²) >= 11 is 0. The molecule has 3 atom stereocenters. The monoisotopic (exact) mass is 233 g/mol. The van der Waals surface area contributed by atoms with Gasteiger partial charge in [0.15, 0.2) is 0 Å². The van der Waals surface area contributed by atoms with Crippen molar-refractivity contribution < 1.29 is 4.79 Å². The Kier molecular flexibility index (Phi) is 2.30. The summed E-state index contributed by atoms with van der Waals surface area (Å²) in [6, 6.07) is 0.528. The average molecular weight is 233 g/mol. The van der Waals surface area contributed by atoms with Gasteiger partial charge in [-0.15, -0.1) is 0 Å². The van der Waals surface area contributed by atoms with Crippen molar-refractivity contribution in [2.75, 3.05) is 0 Å². The number of hydrazine groups is 1. The van der Waals surface area contributed by atoms with Crippen molar-refractivity contribution in [2.45, 2.75) is 39.3 Å². The highest BCUT2D eigenvalue weighted by atomic mass is 16.2. The van der Waals surface area contributed by atoms with E-state index in [2.05, 4.69) is 36.1 Å². The van der Waals surface area contributed by atoms with Crippen LogP contribution >= 0.6 is 0 Å². The highest BCUT2D eigenvalue weighted by Gasteiger charge is 2.48. The quantitative estimate of drug-likeness (QED) is 0.677. The molecular formula is C13H19N3O. The molecule has 4 heteroatoms. The van der Waals surface area contributed by atoms with Gasteiger partial charge in [0.1, 0.15) is 5.70 Å². The molecular weight excluding hydrogens is 214 g/mol. The number of nitrogens with one attached hydrogen (secondary N) is 3. The Balaban J connectivity index is 1.75. The molecule has 0 radical (unpaired) electrons. The molecule has 3 aliphatic rings. The van der Waals surface area contributed by atoms with E-state index in [0.29, 0.717) is 23.6 Å². The second-order valence-corrected chi connectivity index (χ2v) is 5.61. The van der Waals surface area contributed by atoms with Gasteiger partial charge >= 0.3 is 0 Å². The van der Waals surface area contributed by atoms with Crippen LogP contribution in [0.4, 0.5) is 0 Å². The first-order chi connectivity index (χ1) is 8.08. The van der Waals surface area contributed by atoms with E-state index in [-0.39, 0.29) is 11.9 Å². The van der Waals surface area contributed by atoms with Crippen molar-refractivity contribution >= 4 is 5.91 Å². The largest absolute Gasteiger partial charge is 0.348 e. The second-order valence-electron chi connectivity index (χ2n) is 5.61. The molecule has 2 unspecified atom stereocenters. The van der Waals surface area contributed by atoms with Gasteiger partial charge in [-0.2, -0.15) is 0 Å². The maximum Gasteiger partial charge on any atom is 0.269 e. The zero-order chi connectivity index (χ0) is 12.2. The second kappa shape index (κ2) is 3.60. The van der Waals surface area contributed by atoms with Crippen LogP contribution < -0.4 is 16.2 Å². The normalized spacial score (nSPS) is 30.7. The number of rotatable bonds is 3. The van der Waals surface area contributed by atoms with Gasteiger partial charge in [-0.3, -0.25) is 4.79 Å². The average Bonchev–Trinajstić information content (AvgIpc) is 2.76. The van der Waals surface area contributed by atoms with E-state index >= 15 is 0 Å². The van der Waals surface area contributed by atoms with Crippen molar-refractivity contribution in [3.8, 4) is 0 Å². The number of amides is 1. The summed E-state index contributed by atoms with van der Waals surface area (Å²) in [5.74, 6) is 1.10. The van der Waals surface area contributed by atoms with Gasteiger partial charge in [0.05, 0.1) is 6.04 Å². The highest BCUT2D eigenvalue weighted by Crippen LogP contribution is 2.50. The lowest BCUT2D eigenvalue weighted by atomic mass is 10.0. The fraction of sp³-hybridized carbons (Fsp3) is 0.615. The van der Waals surface area contributed by atoms with Gasteiger partial charge in [0.25, 0.3) is 5.91 Å². The molecule has 1 fully saturated rings. The van der Waals surface area contributed by atoms with E-state index in [4.69, 9.17) is 0 Å². The van der Waals surface area contributed by atoms with Gasteiger partial charge in [0, 0.05) is 17.5 Å². The van der Waals surface area contributed by atoms with Crippen LogP contribution in [0.25, 0.3) is 0 Å². The third-order valence-electron chi connectivity index (χ3n) is 4.08. The van der Waals surface area contributed by atoms with Crippen LogP contribution in [0.2, 0.25) is 0 Å². The van der Waals surface area contributed by atoms with Crippen molar-refractivity contribution in [2.24, 2.45) is 11.8 Å². The zero-order valence-corrected chi connectivity index (χ0v) is 10.5. The number of carbonyl (C=O) groups excluding carboxylic acids is 1. The third-order valence-corrected chi connectivity index (χ3v) is 4.08. The van der Waals surface area contributed by atoms with E-state index in [1.165, 1.54) is 12.0 Å². The van der Waals surface area contributed by atoms with Crippen LogP contribution in [0, 0.1) is 11.8 Å². The Hall–Kier alpha value is -1.29. The minimum Gasteiger partial charge on any atom is -0.348 e. The van der Waals surface area contributed by atoms with Crippen molar-refractivity contribution in [3.63, 3.8) is 0 Å². The number of fused-ring (bicyclic) bond motifs is 3. The van der Waals surface area contributed by atoms with Crippen molar-refractivity contribution in [1.82, 2.24) is 16.2 Å². The SMILES string of the molecule is CC(C)[C@@H](C)NC(=O)C1=C2C=C3CC3C2NN1. The van der Waals surface area contributed by atoms with E-state index in [1.807, 2.05) is 6.92 Å². The molecule has 0 aromatic heterocycles. The highest BCUT2D eigenvalue weighted by molar-refractivity contribution is 5.95. The van der Waals surface area contributed by atoms with E-state index in [1.54, 1.807) is 0 Å². The molecule has 0 saturated heterocycles. The summed E-state index contributed by atoms with van der Waals surface area (Å²) in [5.41, 5.74) is 9.58. The maximum absolute atomic E-state index is 12.1. The smallest absolute Gasteiger partial charge is 0.269 e. The molecule has 3 rings (SSSR count). The molecule has 1 amide bonds. The molecule has 1 saturated carbocycles. The number of carbonyl (C=O) groups is 1. The van der Waals surface area contributed by atoms with Gasteiger partial charge < -0.3 is 10.7 Å². The van der Waals surface area contributed by atoms with Gasteiger partial charge in [-0.1, -0.05) is 25.5 Å². The summed E-state index contributed by atoms with van der Waals surface area (Å²) in [5, 5.41) is 3.03. The summed E-state index contributed by atoms with van der Waals surface area (Å²) in [7, 11) is 0. The van der Waals surface area contributed by atoms with Crippen molar-refractivity contribution in [1.29, 1.82) is 0 Å². The Labute approximate surface area is 102 Å². The van der Waals surface area contributed by atoms with E-state index in [9.17, 15) is 4.79 Å². The molecule has 0 aromatic rings.